The molecule has 1 atom stereocenters. The summed E-state index contributed by atoms with van der Waals surface area (Å²) >= 11 is 0. The molecule has 15 heavy (non-hydrogen) atoms. The predicted octanol–water partition coefficient (Wildman–Crippen LogP) is 0.0551. The quantitative estimate of drug-likeness (QED) is 0.706. The van der Waals surface area contributed by atoms with E-state index in [1.807, 2.05) is 0 Å². The van der Waals surface area contributed by atoms with E-state index in [0.29, 0.717) is 19.3 Å². The van der Waals surface area contributed by atoms with Gasteiger partial charge in [0.15, 0.2) is 9.84 Å². The summed E-state index contributed by atoms with van der Waals surface area (Å²) in [6, 6.07) is 0. The summed E-state index contributed by atoms with van der Waals surface area (Å²) in [7, 11) is -2.98. The summed E-state index contributed by atoms with van der Waals surface area (Å²) in [5.41, 5.74) is 4.34. The van der Waals surface area contributed by atoms with Crippen LogP contribution in [-0.4, -0.2) is 37.2 Å². The Morgan fingerprint density at radius 1 is 1.20 bits per heavy atom. The lowest BCUT2D eigenvalue weighted by Gasteiger charge is -2.41. The van der Waals surface area contributed by atoms with Crippen LogP contribution in [0.15, 0.2) is 0 Å². The summed E-state index contributed by atoms with van der Waals surface area (Å²) in [4.78, 5) is 0. The van der Waals surface area contributed by atoms with Gasteiger partial charge in [0.2, 0.25) is 0 Å². The van der Waals surface area contributed by atoms with E-state index >= 15 is 0 Å². The highest BCUT2D eigenvalue weighted by molar-refractivity contribution is 7.91. The largest absolute Gasteiger partial charge is 0.389 e. The van der Waals surface area contributed by atoms with Crippen molar-refractivity contribution in [1.29, 1.82) is 0 Å². The Hall–Kier alpha value is -0.130. The van der Waals surface area contributed by atoms with E-state index in [-0.39, 0.29) is 18.1 Å². The first-order chi connectivity index (χ1) is 6.93. The lowest BCUT2D eigenvalue weighted by atomic mass is 9.70. The zero-order chi connectivity index (χ0) is 11.2. The van der Waals surface area contributed by atoms with Crippen molar-refractivity contribution in [2.75, 3.05) is 18.1 Å². The molecule has 1 unspecified atom stereocenters. The molecule has 88 valence electrons. The van der Waals surface area contributed by atoms with Crippen molar-refractivity contribution in [3.05, 3.63) is 0 Å². The second-order valence-electron chi connectivity index (χ2n) is 5.07. The Morgan fingerprint density at radius 3 is 2.20 bits per heavy atom. The molecule has 3 N–H and O–H groups in total. The van der Waals surface area contributed by atoms with E-state index in [2.05, 4.69) is 0 Å². The molecular weight excluding hydrogens is 214 g/mol. The highest BCUT2D eigenvalue weighted by Gasteiger charge is 2.55. The number of nitrogens with two attached hydrogens (primary N) is 1. The van der Waals surface area contributed by atoms with Crippen LogP contribution in [-0.2, 0) is 9.84 Å². The highest BCUT2D eigenvalue weighted by atomic mass is 32.2. The third kappa shape index (κ3) is 1.70. The van der Waals surface area contributed by atoms with Crippen molar-refractivity contribution < 1.29 is 13.5 Å². The maximum Gasteiger partial charge on any atom is 0.151 e. The zero-order valence-corrected chi connectivity index (χ0v) is 9.72. The van der Waals surface area contributed by atoms with Gasteiger partial charge in [-0.25, -0.2) is 8.42 Å². The van der Waals surface area contributed by atoms with Crippen molar-refractivity contribution in [2.45, 2.75) is 37.7 Å². The molecule has 1 heterocycles. The van der Waals surface area contributed by atoms with Gasteiger partial charge >= 0.3 is 0 Å². The van der Waals surface area contributed by atoms with Crippen molar-refractivity contribution in [3.8, 4) is 0 Å². The lowest BCUT2D eigenvalue weighted by Crippen LogP contribution is -2.52. The summed E-state index contributed by atoms with van der Waals surface area (Å²) in [6.45, 7) is 0.280. The van der Waals surface area contributed by atoms with Crippen LogP contribution in [0.1, 0.15) is 32.1 Å². The first-order valence-corrected chi connectivity index (χ1v) is 7.38. The van der Waals surface area contributed by atoms with E-state index in [1.165, 1.54) is 0 Å². The molecule has 0 amide bonds. The fraction of sp³-hybridized carbons (Fsp3) is 1.00. The van der Waals surface area contributed by atoms with Gasteiger partial charge in [-0.1, -0.05) is 12.8 Å². The van der Waals surface area contributed by atoms with Gasteiger partial charge in [0, 0.05) is 12.0 Å². The average molecular weight is 233 g/mol. The average Bonchev–Trinajstić information content (AvgIpc) is 2.72. The Balaban J connectivity index is 2.30. The van der Waals surface area contributed by atoms with Crippen LogP contribution in [0, 0.1) is 5.41 Å². The maximum atomic E-state index is 11.5. The first-order valence-electron chi connectivity index (χ1n) is 5.56. The summed E-state index contributed by atoms with van der Waals surface area (Å²) in [5.74, 6) is 0.263. The fourth-order valence-corrected chi connectivity index (χ4v) is 5.34. The maximum absolute atomic E-state index is 11.5. The number of rotatable bonds is 2. The minimum Gasteiger partial charge on any atom is -0.389 e. The van der Waals surface area contributed by atoms with E-state index in [4.69, 9.17) is 5.73 Å². The van der Waals surface area contributed by atoms with Gasteiger partial charge in [0.1, 0.15) is 0 Å². The molecule has 4 nitrogen and oxygen atoms in total. The minimum atomic E-state index is -2.98. The SMILES string of the molecule is NCC1(C2(O)CCCC2)CCS(=O)(=O)C1. The van der Waals surface area contributed by atoms with Gasteiger partial charge in [0.05, 0.1) is 17.1 Å². The van der Waals surface area contributed by atoms with E-state index in [0.717, 1.165) is 12.8 Å². The number of hydrogen-bond donors (Lipinski definition) is 2. The smallest absolute Gasteiger partial charge is 0.151 e. The highest BCUT2D eigenvalue weighted by Crippen LogP contribution is 2.49. The van der Waals surface area contributed by atoms with E-state index < -0.39 is 20.9 Å². The van der Waals surface area contributed by atoms with Crippen LogP contribution < -0.4 is 5.73 Å². The third-order valence-corrected chi connectivity index (χ3v) is 6.01. The molecule has 2 fully saturated rings. The fourth-order valence-electron chi connectivity index (χ4n) is 3.12. The van der Waals surface area contributed by atoms with Gasteiger partial charge in [-0.05, 0) is 19.3 Å². The summed E-state index contributed by atoms with van der Waals surface area (Å²) < 4.78 is 23.1. The zero-order valence-electron chi connectivity index (χ0n) is 8.91. The molecule has 5 heteroatoms. The lowest BCUT2D eigenvalue weighted by molar-refractivity contribution is -0.0620. The molecular formula is C10H19NO3S. The number of aliphatic hydroxyl groups is 1. The van der Waals surface area contributed by atoms with Crippen molar-refractivity contribution >= 4 is 9.84 Å². The van der Waals surface area contributed by atoms with E-state index in [9.17, 15) is 13.5 Å². The van der Waals surface area contributed by atoms with Gasteiger partial charge in [-0.15, -0.1) is 0 Å². The van der Waals surface area contributed by atoms with Crippen LogP contribution in [0.5, 0.6) is 0 Å². The van der Waals surface area contributed by atoms with Crippen LogP contribution in [0.2, 0.25) is 0 Å². The topological polar surface area (TPSA) is 80.4 Å². The molecule has 0 aromatic carbocycles. The molecule has 0 spiro atoms. The first kappa shape index (κ1) is 11.4. The monoisotopic (exact) mass is 233 g/mol. The molecule has 0 radical (unpaired) electrons. The molecule has 1 saturated carbocycles. The van der Waals surface area contributed by atoms with Crippen molar-refractivity contribution in [3.63, 3.8) is 0 Å². The van der Waals surface area contributed by atoms with Gasteiger partial charge in [0.25, 0.3) is 0 Å². The molecule has 0 bridgehead atoms. The molecule has 2 aliphatic rings. The Kier molecular flexibility index (Phi) is 2.60. The molecule has 0 aromatic heterocycles. The Bertz CT molecular complexity index is 346. The second kappa shape index (κ2) is 3.43. The Labute approximate surface area is 90.8 Å². The Morgan fingerprint density at radius 2 is 1.80 bits per heavy atom. The standard InChI is InChI=1S/C10H19NO3S/c11-7-9(5-6-15(13,14)8-9)10(12)3-1-2-4-10/h12H,1-8,11H2. The second-order valence-corrected chi connectivity index (χ2v) is 7.25. The molecule has 1 saturated heterocycles. The molecule has 1 aliphatic heterocycles. The van der Waals surface area contributed by atoms with Crippen molar-refractivity contribution in [1.82, 2.24) is 0 Å². The third-order valence-electron chi connectivity index (χ3n) is 4.20. The minimum absolute atomic E-state index is 0.0764. The normalized spacial score (nSPS) is 38.3. The number of sulfone groups is 1. The molecule has 1 aliphatic carbocycles. The van der Waals surface area contributed by atoms with Crippen LogP contribution in [0.3, 0.4) is 0 Å². The van der Waals surface area contributed by atoms with Gasteiger partial charge in [-0.3, -0.25) is 0 Å². The van der Waals surface area contributed by atoms with Crippen LogP contribution in [0.25, 0.3) is 0 Å². The summed E-state index contributed by atoms with van der Waals surface area (Å²) in [6.07, 6.45) is 3.92. The predicted molar refractivity (Wildman–Crippen MR) is 58.2 cm³/mol. The van der Waals surface area contributed by atoms with Crippen LogP contribution in [0.4, 0.5) is 0 Å². The summed E-state index contributed by atoms with van der Waals surface area (Å²) in [5, 5.41) is 10.5. The molecule has 2 rings (SSSR count). The van der Waals surface area contributed by atoms with E-state index in [1.54, 1.807) is 0 Å². The van der Waals surface area contributed by atoms with Gasteiger partial charge < -0.3 is 10.8 Å². The molecule has 0 aromatic rings. The van der Waals surface area contributed by atoms with Gasteiger partial charge in [-0.2, -0.15) is 0 Å². The van der Waals surface area contributed by atoms with Crippen molar-refractivity contribution in [2.24, 2.45) is 11.1 Å². The van der Waals surface area contributed by atoms with Crippen LogP contribution >= 0.6 is 0 Å². The number of hydrogen-bond acceptors (Lipinski definition) is 4.